The summed E-state index contributed by atoms with van der Waals surface area (Å²) >= 11 is 3.07. The van der Waals surface area contributed by atoms with Gasteiger partial charge >= 0.3 is 6.09 Å². The summed E-state index contributed by atoms with van der Waals surface area (Å²) < 4.78 is 47.3. The van der Waals surface area contributed by atoms with Crippen LogP contribution < -0.4 is 5.32 Å². The lowest BCUT2D eigenvalue weighted by molar-refractivity contribution is 0.0412. The third kappa shape index (κ3) is 5.67. The monoisotopic (exact) mass is 446 g/mol. The molecule has 0 aliphatic carbocycles. The van der Waals surface area contributed by atoms with Crippen LogP contribution in [0.15, 0.2) is 35.1 Å². The van der Waals surface area contributed by atoms with E-state index < -0.39 is 46.9 Å². The predicted molar refractivity (Wildman–Crippen MR) is 95.3 cm³/mol. The lowest BCUT2D eigenvalue weighted by Gasteiger charge is -2.27. The third-order valence-electron chi connectivity index (χ3n) is 3.45. The first-order valence-electron chi connectivity index (χ1n) is 7.91. The van der Waals surface area contributed by atoms with Gasteiger partial charge in [-0.25, -0.2) is 22.9 Å². The third-order valence-corrected chi connectivity index (χ3v) is 3.89. The molecule has 2 rings (SSSR count). The van der Waals surface area contributed by atoms with Crippen molar-refractivity contribution in [2.75, 3.05) is 0 Å². The van der Waals surface area contributed by atoms with Crippen LogP contribution in [0.1, 0.15) is 44.0 Å². The molecule has 0 bridgehead atoms. The van der Waals surface area contributed by atoms with Crippen molar-refractivity contribution < 1.29 is 27.8 Å². The van der Waals surface area contributed by atoms with E-state index in [-0.39, 0.29) is 10.2 Å². The molecule has 0 saturated carbocycles. The number of halogens is 4. The number of alkyl carbamates (subject to hydrolysis) is 1. The zero-order valence-electron chi connectivity index (χ0n) is 14.8. The van der Waals surface area contributed by atoms with E-state index in [1.54, 1.807) is 20.8 Å². The summed E-state index contributed by atoms with van der Waals surface area (Å²) in [6.45, 7) is 4.86. The summed E-state index contributed by atoms with van der Waals surface area (Å²) in [5, 5.41) is 12.9. The molecule has 2 N–H and O–H groups in total. The Morgan fingerprint density at radius 1 is 1.19 bits per heavy atom. The van der Waals surface area contributed by atoms with Crippen LogP contribution in [0.2, 0.25) is 0 Å². The molecule has 1 heterocycles. The molecular formula is C18H18BrF3N2O3. The van der Waals surface area contributed by atoms with Crippen LogP contribution in [-0.2, 0) is 4.74 Å². The second-order valence-electron chi connectivity index (χ2n) is 6.76. The van der Waals surface area contributed by atoms with Crippen LogP contribution in [-0.4, -0.2) is 21.8 Å². The molecule has 27 heavy (non-hydrogen) atoms. The Bertz CT molecular complexity index is 843. The van der Waals surface area contributed by atoms with Crippen molar-refractivity contribution >= 4 is 22.0 Å². The van der Waals surface area contributed by atoms with Gasteiger partial charge < -0.3 is 15.2 Å². The molecule has 0 radical (unpaired) electrons. The highest BCUT2D eigenvalue weighted by molar-refractivity contribution is 9.10. The number of carbonyl (C=O) groups is 1. The second kappa shape index (κ2) is 8.26. The molecule has 146 valence electrons. The number of amides is 1. The molecule has 5 nitrogen and oxygen atoms in total. The Hall–Kier alpha value is -2.13. The largest absolute Gasteiger partial charge is 0.444 e. The SMILES string of the molecule is CC(C)(C)OC(=O)N[C@H](c1cc(Br)ncc1F)[C@H](O)c1cc(F)ccc1F. The van der Waals surface area contributed by atoms with Crippen LogP contribution in [0, 0.1) is 17.5 Å². The molecule has 0 aliphatic heterocycles. The maximum Gasteiger partial charge on any atom is 0.408 e. The fourth-order valence-electron chi connectivity index (χ4n) is 2.35. The minimum Gasteiger partial charge on any atom is -0.444 e. The Balaban J connectivity index is 2.47. The van der Waals surface area contributed by atoms with E-state index in [1.165, 1.54) is 6.07 Å². The van der Waals surface area contributed by atoms with Crippen LogP contribution in [0.3, 0.4) is 0 Å². The van der Waals surface area contributed by atoms with Crippen molar-refractivity contribution in [1.29, 1.82) is 0 Å². The zero-order valence-corrected chi connectivity index (χ0v) is 16.4. The fourth-order valence-corrected chi connectivity index (χ4v) is 2.70. The van der Waals surface area contributed by atoms with Gasteiger partial charge in [0.2, 0.25) is 0 Å². The van der Waals surface area contributed by atoms with Crippen LogP contribution in [0.4, 0.5) is 18.0 Å². The first-order chi connectivity index (χ1) is 12.5. The van der Waals surface area contributed by atoms with Crippen molar-refractivity contribution in [2.45, 2.75) is 38.5 Å². The highest BCUT2D eigenvalue weighted by atomic mass is 79.9. The van der Waals surface area contributed by atoms with E-state index in [9.17, 15) is 23.1 Å². The van der Waals surface area contributed by atoms with Gasteiger partial charge in [-0.05, 0) is 61.0 Å². The molecule has 2 atom stereocenters. The van der Waals surface area contributed by atoms with Crippen molar-refractivity contribution in [3.63, 3.8) is 0 Å². The van der Waals surface area contributed by atoms with Gasteiger partial charge in [0.1, 0.15) is 33.8 Å². The van der Waals surface area contributed by atoms with E-state index in [0.717, 1.165) is 24.4 Å². The molecule has 0 spiro atoms. The number of hydrogen-bond acceptors (Lipinski definition) is 4. The molecule has 0 saturated heterocycles. The van der Waals surface area contributed by atoms with Crippen LogP contribution >= 0.6 is 15.9 Å². The van der Waals surface area contributed by atoms with Crippen molar-refractivity contribution in [1.82, 2.24) is 10.3 Å². The minimum atomic E-state index is -1.79. The van der Waals surface area contributed by atoms with Gasteiger partial charge in [-0.3, -0.25) is 0 Å². The minimum absolute atomic E-state index is 0.182. The standard InChI is InChI=1S/C18H18BrF3N2O3/c1-18(2,3)27-17(26)24-15(10-7-14(19)23-8-13(10)22)16(25)11-6-9(20)4-5-12(11)21/h4-8,15-16,25H,1-3H3,(H,24,26)/t15-,16-/m1/s1. The number of ether oxygens (including phenoxy) is 1. The van der Waals surface area contributed by atoms with Crippen molar-refractivity contribution in [2.24, 2.45) is 0 Å². The first kappa shape index (κ1) is 21.2. The summed E-state index contributed by atoms with van der Waals surface area (Å²) in [6.07, 6.45) is -1.88. The van der Waals surface area contributed by atoms with Crippen molar-refractivity contribution in [3.05, 3.63) is 63.6 Å². The second-order valence-corrected chi connectivity index (χ2v) is 7.58. The van der Waals surface area contributed by atoms with Gasteiger partial charge in [-0.2, -0.15) is 0 Å². The maximum atomic E-state index is 14.3. The van der Waals surface area contributed by atoms with Crippen molar-refractivity contribution in [3.8, 4) is 0 Å². The molecule has 9 heteroatoms. The molecule has 0 fully saturated rings. The van der Waals surface area contributed by atoms with Gasteiger partial charge in [0.15, 0.2) is 0 Å². The van der Waals surface area contributed by atoms with Gasteiger partial charge in [0.05, 0.1) is 12.2 Å². The number of nitrogens with one attached hydrogen (secondary N) is 1. The topological polar surface area (TPSA) is 71.5 Å². The summed E-state index contributed by atoms with van der Waals surface area (Å²) in [5.74, 6) is -2.55. The quantitative estimate of drug-likeness (QED) is 0.675. The normalized spacial score (nSPS) is 13.8. The lowest BCUT2D eigenvalue weighted by Crippen LogP contribution is -2.38. The molecule has 2 aromatic rings. The molecule has 1 amide bonds. The average Bonchev–Trinajstić information content (AvgIpc) is 2.55. The Labute approximate surface area is 162 Å². The fraction of sp³-hybridized carbons (Fsp3) is 0.333. The van der Waals surface area contributed by atoms with E-state index in [2.05, 4.69) is 26.2 Å². The van der Waals surface area contributed by atoms with E-state index in [0.29, 0.717) is 0 Å². The predicted octanol–water partition coefficient (Wildman–Crippen LogP) is 4.56. The number of rotatable bonds is 4. The van der Waals surface area contributed by atoms with Crippen LogP contribution in [0.5, 0.6) is 0 Å². The Morgan fingerprint density at radius 3 is 2.48 bits per heavy atom. The smallest absolute Gasteiger partial charge is 0.408 e. The lowest BCUT2D eigenvalue weighted by atomic mass is 9.95. The zero-order chi connectivity index (χ0) is 20.4. The number of benzene rings is 1. The average molecular weight is 447 g/mol. The van der Waals surface area contributed by atoms with Gasteiger partial charge in [0, 0.05) is 11.1 Å². The molecular weight excluding hydrogens is 429 g/mol. The number of hydrogen-bond donors (Lipinski definition) is 2. The molecule has 0 aliphatic rings. The number of aromatic nitrogens is 1. The summed E-state index contributed by atoms with van der Waals surface area (Å²) in [4.78, 5) is 15.9. The number of nitrogens with zero attached hydrogens (tertiary/aromatic N) is 1. The van der Waals surface area contributed by atoms with Gasteiger partial charge in [0.25, 0.3) is 0 Å². The summed E-state index contributed by atoms with van der Waals surface area (Å²) in [5.41, 5.74) is -1.48. The van der Waals surface area contributed by atoms with Gasteiger partial charge in [-0.1, -0.05) is 0 Å². The number of aliphatic hydroxyl groups is 1. The summed E-state index contributed by atoms with van der Waals surface area (Å²) in [7, 11) is 0. The van der Waals surface area contributed by atoms with E-state index in [1.807, 2.05) is 0 Å². The molecule has 1 aromatic heterocycles. The van der Waals surface area contributed by atoms with E-state index >= 15 is 0 Å². The summed E-state index contributed by atoms with van der Waals surface area (Å²) in [6, 6.07) is 2.24. The molecule has 0 unspecified atom stereocenters. The molecule has 1 aromatic carbocycles. The van der Waals surface area contributed by atoms with E-state index in [4.69, 9.17) is 4.74 Å². The first-order valence-corrected chi connectivity index (χ1v) is 8.70. The highest BCUT2D eigenvalue weighted by Crippen LogP contribution is 2.33. The number of pyridine rings is 1. The maximum absolute atomic E-state index is 14.3. The van der Waals surface area contributed by atoms with Gasteiger partial charge in [-0.15, -0.1) is 0 Å². The van der Waals surface area contributed by atoms with Crippen LogP contribution in [0.25, 0.3) is 0 Å². The Kier molecular flexibility index (Phi) is 6.48. The number of carbonyl (C=O) groups excluding carboxylic acids is 1. The number of aliphatic hydroxyl groups excluding tert-OH is 1. The Morgan fingerprint density at radius 2 is 1.85 bits per heavy atom. The highest BCUT2D eigenvalue weighted by Gasteiger charge is 2.31.